The third kappa shape index (κ3) is 3.45. The average Bonchev–Trinajstić information content (AvgIpc) is 2.32. The lowest BCUT2D eigenvalue weighted by Crippen LogP contribution is -2.43. The van der Waals surface area contributed by atoms with Gasteiger partial charge in [0.25, 0.3) is 0 Å². The van der Waals surface area contributed by atoms with Crippen LogP contribution in [-0.2, 0) is 11.0 Å². The highest BCUT2D eigenvalue weighted by Crippen LogP contribution is 2.37. The molecule has 1 N–H and O–H groups in total. The Bertz CT molecular complexity index is 519. The van der Waals surface area contributed by atoms with Crippen LogP contribution in [0, 0.1) is 0 Å². The van der Waals surface area contributed by atoms with Gasteiger partial charge in [0, 0.05) is 36.2 Å². The largest absolute Gasteiger partial charge is 0.418 e. The highest BCUT2D eigenvalue weighted by atomic mass is 79.9. The van der Waals surface area contributed by atoms with E-state index in [9.17, 15) is 18.0 Å². The topological polar surface area (TPSA) is 32.3 Å². The lowest BCUT2D eigenvalue weighted by molar-refractivity contribution is -0.137. The molecule has 1 aromatic carbocycles. The third-order valence-electron chi connectivity index (χ3n) is 3.27. The fourth-order valence-corrected chi connectivity index (χ4v) is 2.59. The summed E-state index contributed by atoms with van der Waals surface area (Å²) in [6, 6.07) is 3.65. The Morgan fingerprint density at radius 3 is 2.70 bits per heavy atom. The monoisotopic (exact) mass is 350 g/mol. The van der Waals surface area contributed by atoms with Gasteiger partial charge in [-0.1, -0.05) is 15.9 Å². The van der Waals surface area contributed by atoms with Crippen LogP contribution in [0.4, 0.5) is 18.9 Å². The van der Waals surface area contributed by atoms with Crippen LogP contribution in [0.25, 0.3) is 0 Å². The number of alkyl halides is 3. The van der Waals surface area contributed by atoms with Crippen molar-refractivity contribution in [2.45, 2.75) is 25.1 Å². The number of anilines is 1. The number of carbonyl (C=O) groups excluding carboxylic acids is 1. The van der Waals surface area contributed by atoms with Gasteiger partial charge >= 0.3 is 6.18 Å². The van der Waals surface area contributed by atoms with Crippen molar-refractivity contribution < 1.29 is 18.0 Å². The summed E-state index contributed by atoms with van der Waals surface area (Å²) in [5, 5.41) is 2.90. The number of piperidine rings is 1. The maximum absolute atomic E-state index is 13.0. The molecule has 1 heterocycles. The van der Waals surface area contributed by atoms with E-state index in [4.69, 9.17) is 0 Å². The van der Waals surface area contributed by atoms with Gasteiger partial charge in [-0.15, -0.1) is 0 Å². The zero-order valence-electron chi connectivity index (χ0n) is 10.8. The van der Waals surface area contributed by atoms with Crippen molar-refractivity contribution in [3.05, 3.63) is 28.2 Å². The van der Waals surface area contributed by atoms with Crippen molar-refractivity contribution in [2.75, 3.05) is 18.9 Å². The summed E-state index contributed by atoms with van der Waals surface area (Å²) >= 11 is 3.18. The van der Waals surface area contributed by atoms with E-state index in [1.54, 1.807) is 7.05 Å². The molecule has 0 spiro atoms. The fraction of sp³-hybridized carbons (Fsp3) is 0.462. The summed E-state index contributed by atoms with van der Waals surface area (Å²) in [5.74, 6) is 0.0216. The van der Waals surface area contributed by atoms with Gasteiger partial charge in [-0.25, -0.2) is 0 Å². The molecule has 1 aliphatic heterocycles. The number of nitrogens with zero attached hydrogens (tertiary/aromatic N) is 1. The smallest absolute Gasteiger partial charge is 0.380 e. The minimum Gasteiger partial charge on any atom is -0.380 e. The number of nitrogens with one attached hydrogen (secondary N) is 1. The first-order valence-electron chi connectivity index (χ1n) is 6.14. The van der Waals surface area contributed by atoms with Crippen LogP contribution in [0.3, 0.4) is 0 Å². The van der Waals surface area contributed by atoms with Crippen LogP contribution >= 0.6 is 15.9 Å². The molecule has 3 nitrogen and oxygen atoms in total. The van der Waals surface area contributed by atoms with E-state index in [1.165, 1.54) is 17.0 Å². The van der Waals surface area contributed by atoms with Crippen LogP contribution in [0.5, 0.6) is 0 Å². The quantitative estimate of drug-likeness (QED) is 0.885. The van der Waals surface area contributed by atoms with Crippen LogP contribution in [0.15, 0.2) is 22.7 Å². The van der Waals surface area contributed by atoms with E-state index in [-0.39, 0.29) is 17.6 Å². The number of halogens is 4. The molecule has 1 atom stereocenters. The van der Waals surface area contributed by atoms with E-state index < -0.39 is 11.7 Å². The minimum absolute atomic E-state index is 0.0216. The first kappa shape index (κ1) is 15.2. The minimum atomic E-state index is -4.40. The predicted molar refractivity (Wildman–Crippen MR) is 73.4 cm³/mol. The molecule has 2 rings (SSSR count). The molecule has 7 heteroatoms. The number of carbonyl (C=O) groups is 1. The fourth-order valence-electron chi connectivity index (χ4n) is 2.23. The number of hydrogen-bond donors (Lipinski definition) is 1. The third-order valence-corrected chi connectivity index (χ3v) is 3.77. The molecular formula is C13H14BrF3N2O. The second kappa shape index (κ2) is 5.63. The van der Waals surface area contributed by atoms with Gasteiger partial charge < -0.3 is 10.2 Å². The Labute approximate surface area is 123 Å². The summed E-state index contributed by atoms with van der Waals surface area (Å²) in [6.45, 7) is 0.405. The normalized spacial score (nSPS) is 20.1. The predicted octanol–water partition coefficient (Wildman–Crippen LogP) is 3.50. The number of hydrogen-bond acceptors (Lipinski definition) is 2. The lowest BCUT2D eigenvalue weighted by Gasteiger charge is -2.31. The maximum atomic E-state index is 13.0. The van der Waals surface area contributed by atoms with E-state index in [2.05, 4.69) is 21.2 Å². The number of rotatable bonds is 2. The molecule has 0 saturated carbocycles. The van der Waals surface area contributed by atoms with Crippen molar-refractivity contribution in [2.24, 2.45) is 0 Å². The Morgan fingerprint density at radius 2 is 2.10 bits per heavy atom. The highest BCUT2D eigenvalue weighted by molar-refractivity contribution is 9.10. The first-order valence-corrected chi connectivity index (χ1v) is 6.94. The molecule has 0 aliphatic carbocycles. The lowest BCUT2D eigenvalue weighted by atomic mass is 10.0. The Balaban J connectivity index is 2.20. The number of likely N-dealkylation sites (tertiary alicyclic amines) is 1. The molecule has 1 amide bonds. The molecule has 20 heavy (non-hydrogen) atoms. The SMILES string of the molecule is CN1CC(Nc2cc(Br)ccc2C(F)(F)F)CCC1=O. The zero-order valence-corrected chi connectivity index (χ0v) is 12.4. The van der Waals surface area contributed by atoms with Crippen LogP contribution in [0.1, 0.15) is 18.4 Å². The van der Waals surface area contributed by atoms with Crippen LogP contribution in [0.2, 0.25) is 0 Å². The molecule has 0 radical (unpaired) electrons. The van der Waals surface area contributed by atoms with E-state index in [1.807, 2.05) is 0 Å². The summed E-state index contributed by atoms with van der Waals surface area (Å²) in [4.78, 5) is 12.9. The number of amides is 1. The molecule has 1 fully saturated rings. The summed E-state index contributed by atoms with van der Waals surface area (Å²) in [5.41, 5.74) is -0.653. The second-order valence-electron chi connectivity index (χ2n) is 4.84. The van der Waals surface area contributed by atoms with Crippen molar-refractivity contribution in [3.8, 4) is 0 Å². The Kier molecular flexibility index (Phi) is 4.27. The van der Waals surface area contributed by atoms with E-state index >= 15 is 0 Å². The molecule has 0 bridgehead atoms. The van der Waals surface area contributed by atoms with Crippen molar-refractivity contribution in [3.63, 3.8) is 0 Å². The standard InChI is InChI=1S/C13H14BrF3N2O/c1-19-7-9(3-5-12(19)20)18-11-6-8(14)2-4-10(11)13(15,16)17/h2,4,6,9,18H,3,5,7H2,1H3. The van der Waals surface area contributed by atoms with E-state index in [0.717, 1.165) is 6.07 Å². The van der Waals surface area contributed by atoms with Crippen LogP contribution < -0.4 is 5.32 Å². The van der Waals surface area contributed by atoms with E-state index in [0.29, 0.717) is 23.9 Å². The molecular weight excluding hydrogens is 337 g/mol. The maximum Gasteiger partial charge on any atom is 0.418 e. The van der Waals surface area contributed by atoms with Gasteiger partial charge in [-0.3, -0.25) is 4.79 Å². The summed E-state index contributed by atoms with van der Waals surface area (Å²) in [7, 11) is 1.65. The first-order chi connectivity index (χ1) is 9.27. The molecule has 110 valence electrons. The van der Waals surface area contributed by atoms with Gasteiger partial charge in [0.15, 0.2) is 0 Å². The summed E-state index contributed by atoms with van der Waals surface area (Å²) < 4.78 is 39.4. The molecule has 1 aliphatic rings. The van der Waals surface area contributed by atoms with Crippen molar-refractivity contribution >= 4 is 27.5 Å². The van der Waals surface area contributed by atoms with Gasteiger partial charge in [-0.2, -0.15) is 13.2 Å². The second-order valence-corrected chi connectivity index (χ2v) is 5.76. The summed E-state index contributed by atoms with van der Waals surface area (Å²) in [6.07, 6.45) is -3.52. The van der Waals surface area contributed by atoms with Gasteiger partial charge in [0.05, 0.1) is 5.56 Å². The Morgan fingerprint density at radius 1 is 1.40 bits per heavy atom. The molecule has 0 aromatic heterocycles. The Hall–Kier alpha value is -1.24. The van der Waals surface area contributed by atoms with Crippen LogP contribution in [-0.4, -0.2) is 30.4 Å². The number of likely N-dealkylation sites (N-methyl/N-ethyl adjacent to an activating group) is 1. The van der Waals surface area contributed by atoms with Gasteiger partial charge in [0.1, 0.15) is 0 Å². The number of benzene rings is 1. The molecule has 1 unspecified atom stereocenters. The van der Waals surface area contributed by atoms with Gasteiger partial charge in [0.2, 0.25) is 5.91 Å². The van der Waals surface area contributed by atoms with Crippen molar-refractivity contribution in [1.29, 1.82) is 0 Å². The van der Waals surface area contributed by atoms with Gasteiger partial charge in [-0.05, 0) is 24.6 Å². The molecule has 1 aromatic rings. The zero-order chi connectivity index (χ0) is 14.9. The highest BCUT2D eigenvalue weighted by Gasteiger charge is 2.34. The molecule has 1 saturated heterocycles. The van der Waals surface area contributed by atoms with Crippen molar-refractivity contribution in [1.82, 2.24) is 4.90 Å². The average molecular weight is 351 g/mol.